The van der Waals surface area contributed by atoms with Crippen LogP contribution >= 0.6 is 11.6 Å². The highest BCUT2D eigenvalue weighted by Gasteiger charge is 2.21. The van der Waals surface area contributed by atoms with E-state index in [1.807, 2.05) is 31.2 Å². The van der Waals surface area contributed by atoms with Crippen molar-refractivity contribution < 1.29 is 8.42 Å². The van der Waals surface area contributed by atoms with Crippen molar-refractivity contribution in [1.82, 2.24) is 4.31 Å². The maximum Gasteiger partial charge on any atom is 0.243 e. The molecule has 20 heavy (non-hydrogen) atoms. The van der Waals surface area contributed by atoms with Crippen molar-refractivity contribution in [3.05, 3.63) is 64.7 Å². The molecular formula is C15H16ClNO2S. The first-order valence-corrected chi connectivity index (χ1v) is 7.99. The van der Waals surface area contributed by atoms with Crippen molar-refractivity contribution >= 4 is 21.6 Å². The van der Waals surface area contributed by atoms with E-state index in [9.17, 15) is 8.42 Å². The molecule has 0 aliphatic rings. The number of sulfonamides is 1. The van der Waals surface area contributed by atoms with Crippen LogP contribution in [0, 0.1) is 6.92 Å². The number of hydrogen-bond acceptors (Lipinski definition) is 2. The van der Waals surface area contributed by atoms with Gasteiger partial charge in [0.25, 0.3) is 0 Å². The Hall–Kier alpha value is -1.36. The average Bonchev–Trinajstić information content (AvgIpc) is 2.38. The van der Waals surface area contributed by atoms with Gasteiger partial charge in [-0.15, -0.1) is 0 Å². The van der Waals surface area contributed by atoms with Crippen molar-refractivity contribution in [2.75, 3.05) is 7.05 Å². The summed E-state index contributed by atoms with van der Waals surface area (Å²) in [6.45, 7) is 2.31. The van der Waals surface area contributed by atoms with Crippen LogP contribution in [0.25, 0.3) is 0 Å². The van der Waals surface area contributed by atoms with Gasteiger partial charge >= 0.3 is 0 Å². The first-order valence-electron chi connectivity index (χ1n) is 6.17. The SMILES string of the molecule is Cc1cccc(CN(C)S(=O)(=O)c2cccc(Cl)c2)c1. The molecule has 2 rings (SSSR count). The molecule has 106 valence electrons. The van der Waals surface area contributed by atoms with Crippen molar-refractivity contribution in [1.29, 1.82) is 0 Å². The zero-order chi connectivity index (χ0) is 14.8. The molecule has 0 amide bonds. The zero-order valence-corrected chi connectivity index (χ0v) is 12.9. The van der Waals surface area contributed by atoms with E-state index in [2.05, 4.69) is 0 Å². The van der Waals surface area contributed by atoms with Crippen molar-refractivity contribution in [2.24, 2.45) is 0 Å². The Morgan fingerprint density at radius 3 is 2.45 bits per heavy atom. The van der Waals surface area contributed by atoms with Gasteiger partial charge in [0.1, 0.15) is 0 Å². The highest BCUT2D eigenvalue weighted by Crippen LogP contribution is 2.20. The van der Waals surface area contributed by atoms with Crippen LogP contribution in [0.15, 0.2) is 53.4 Å². The molecule has 2 aromatic rings. The van der Waals surface area contributed by atoms with E-state index in [0.29, 0.717) is 11.6 Å². The lowest BCUT2D eigenvalue weighted by Gasteiger charge is -2.17. The summed E-state index contributed by atoms with van der Waals surface area (Å²) in [5.74, 6) is 0. The zero-order valence-electron chi connectivity index (χ0n) is 11.4. The van der Waals surface area contributed by atoms with Crippen LogP contribution in [0.5, 0.6) is 0 Å². The summed E-state index contributed by atoms with van der Waals surface area (Å²) in [5.41, 5.74) is 2.06. The van der Waals surface area contributed by atoms with Crippen LogP contribution in [0.4, 0.5) is 0 Å². The van der Waals surface area contributed by atoms with E-state index in [0.717, 1.165) is 11.1 Å². The molecule has 0 aliphatic heterocycles. The molecule has 0 unspecified atom stereocenters. The van der Waals surface area contributed by atoms with Crippen LogP contribution in [0.2, 0.25) is 5.02 Å². The molecule has 0 atom stereocenters. The molecule has 0 heterocycles. The highest BCUT2D eigenvalue weighted by atomic mass is 35.5. The van der Waals surface area contributed by atoms with Gasteiger partial charge in [-0.05, 0) is 30.7 Å². The second kappa shape index (κ2) is 5.95. The van der Waals surface area contributed by atoms with Gasteiger partial charge < -0.3 is 0 Å². The van der Waals surface area contributed by atoms with Crippen molar-refractivity contribution in [2.45, 2.75) is 18.4 Å². The monoisotopic (exact) mass is 309 g/mol. The fourth-order valence-electron chi connectivity index (χ4n) is 1.96. The van der Waals surface area contributed by atoms with E-state index >= 15 is 0 Å². The third-order valence-electron chi connectivity index (χ3n) is 2.99. The largest absolute Gasteiger partial charge is 0.243 e. The maximum absolute atomic E-state index is 12.4. The molecule has 0 spiro atoms. The Bertz CT molecular complexity index is 713. The number of hydrogen-bond donors (Lipinski definition) is 0. The minimum absolute atomic E-state index is 0.208. The maximum atomic E-state index is 12.4. The molecule has 2 aromatic carbocycles. The molecule has 5 heteroatoms. The summed E-state index contributed by atoms with van der Waals surface area (Å²) >= 11 is 5.85. The number of halogens is 1. The van der Waals surface area contributed by atoms with E-state index in [1.54, 1.807) is 25.2 Å². The standard InChI is InChI=1S/C15H16ClNO2S/c1-12-5-3-6-13(9-12)11-17(2)20(18,19)15-8-4-7-14(16)10-15/h3-10H,11H2,1-2H3. The summed E-state index contributed by atoms with van der Waals surface area (Å²) < 4.78 is 26.2. The van der Waals surface area contributed by atoms with Gasteiger partial charge in [-0.25, -0.2) is 8.42 Å². The van der Waals surface area contributed by atoms with Crippen LogP contribution in [-0.2, 0) is 16.6 Å². The Kier molecular flexibility index (Phi) is 4.48. The molecule has 0 aliphatic carbocycles. The highest BCUT2D eigenvalue weighted by molar-refractivity contribution is 7.89. The Balaban J connectivity index is 2.26. The number of nitrogens with zero attached hydrogens (tertiary/aromatic N) is 1. The van der Waals surface area contributed by atoms with Gasteiger partial charge in [0.05, 0.1) is 4.90 Å². The Morgan fingerprint density at radius 2 is 1.80 bits per heavy atom. The molecule has 0 fully saturated rings. The third kappa shape index (κ3) is 3.39. The van der Waals surface area contributed by atoms with Gasteiger partial charge in [0, 0.05) is 18.6 Å². The molecule has 3 nitrogen and oxygen atoms in total. The number of benzene rings is 2. The number of aryl methyl sites for hydroxylation is 1. The topological polar surface area (TPSA) is 37.4 Å². The average molecular weight is 310 g/mol. The van der Waals surface area contributed by atoms with E-state index in [1.165, 1.54) is 10.4 Å². The second-order valence-electron chi connectivity index (χ2n) is 4.71. The van der Waals surface area contributed by atoms with Crippen LogP contribution in [0.1, 0.15) is 11.1 Å². The van der Waals surface area contributed by atoms with Gasteiger partial charge in [0.15, 0.2) is 0 Å². The molecule has 0 radical (unpaired) electrons. The first kappa shape index (κ1) is 15.0. The van der Waals surface area contributed by atoms with Gasteiger partial charge in [-0.2, -0.15) is 4.31 Å². The quantitative estimate of drug-likeness (QED) is 0.867. The summed E-state index contributed by atoms with van der Waals surface area (Å²) in [5, 5.41) is 0.412. The Labute approximate surface area is 124 Å². The number of rotatable bonds is 4. The fourth-order valence-corrected chi connectivity index (χ4v) is 3.42. The summed E-state index contributed by atoms with van der Waals surface area (Å²) in [6, 6.07) is 14.1. The lowest BCUT2D eigenvalue weighted by molar-refractivity contribution is 0.466. The van der Waals surface area contributed by atoms with E-state index < -0.39 is 10.0 Å². The molecule has 0 saturated carbocycles. The third-order valence-corrected chi connectivity index (χ3v) is 5.03. The summed E-state index contributed by atoms with van der Waals surface area (Å²) in [6.07, 6.45) is 0. The van der Waals surface area contributed by atoms with Crippen LogP contribution in [-0.4, -0.2) is 19.8 Å². The van der Waals surface area contributed by atoms with Crippen LogP contribution < -0.4 is 0 Å². The normalized spacial score (nSPS) is 11.8. The van der Waals surface area contributed by atoms with E-state index in [4.69, 9.17) is 11.6 Å². The molecule has 0 aromatic heterocycles. The summed E-state index contributed by atoms with van der Waals surface area (Å²) in [4.78, 5) is 0.208. The molecule has 0 saturated heterocycles. The minimum Gasteiger partial charge on any atom is -0.207 e. The minimum atomic E-state index is -3.52. The van der Waals surface area contributed by atoms with Gasteiger partial charge in [-0.3, -0.25) is 0 Å². The smallest absolute Gasteiger partial charge is 0.207 e. The Morgan fingerprint density at radius 1 is 1.10 bits per heavy atom. The second-order valence-corrected chi connectivity index (χ2v) is 7.19. The molecule has 0 bridgehead atoms. The first-order chi connectivity index (χ1) is 9.39. The van der Waals surface area contributed by atoms with Gasteiger partial charge in [0.2, 0.25) is 10.0 Å². The van der Waals surface area contributed by atoms with Gasteiger partial charge in [-0.1, -0.05) is 47.5 Å². The van der Waals surface area contributed by atoms with E-state index in [-0.39, 0.29) is 4.90 Å². The fraction of sp³-hybridized carbons (Fsp3) is 0.200. The lowest BCUT2D eigenvalue weighted by atomic mass is 10.1. The predicted molar refractivity (Wildman–Crippen MR) is 81.3 cm³/mol. The van der Waals surface area contributed by atoms with Crippen LogP contribution in [0.3, 0.4) is 0 Å². The van der Waals surface area contributed by atoms with Crippen molar-refractivity contribution in [3.63, 3.8) is 0 Å². The molecular weight excluding hydrogens is 294 g/mol. The molecule has 0 N–H and O–H groups in total. The summed E-state index contributed by atoms with van der Waals surface area (Å²) in [7, 11) is -1.96. The lowest BCUT2D eigenvalue weighted by Crippen LogP contribution is -2.26. The van der Waals surface area contributed by atoms with Crippen molar-refractivity contribution in [3.8, 4) is 0 Å². The predicted octanol–water partition coefficient (Wildman–Crippen LogP) is 3.47.